The molecule has 0 spiro atoms. The van der Waals surface area contributed by atoms with Gasteiger partial charge in [-0.2, -0.15) is 13.2 Å². The molecule has 0 radical (unpaired) electrons. The molecule has 0 fully saturated rings. The first kappa shape index (κ1) is 14.6. The maximum atomic E-state index is 12.0. The lowest BCUT2D eigenvalue weighted by molar-refractivity contribution is -0.143. The van der Waals surface area contributed by atoms with Gasteiger partial charge in [0.1, 0.15) is 12.3 Å². The topological polar surface area (TPSA) is 34.5 Å². The molecule has 1 aromatic heterocycles. The molecule has 0 amide bonds. The highest BCUT2D eigenvalue weighted by molar-refractivity contribution is 5.87. The molecule has 0 aliphatic rings. The molecule has 0 saturated carbocycles. The van der Waals surface area contributed by atoms with E-state index in [1.54, 1.807) is 29.9 Å². The van der Waals surface area contributed by atoms with Crippen LogP contribution in [-0.2, 0) is 11.8 Å². The zero-order chi connectivity index (χ0) is 13.8. The van der Waals surface area contributed by atoms with Crippen molar-refractivity contribution in [2.24, 2.45) is 7.05 Å². The fraction of sp³-hybridized carbons (Fsp3) is 0.545. The number of ether oxygens (including phenoxy) is 1. The molecule has 1 heterocycles. The summed E-state index contributed by atoms with van der Waals surface area (Å²) in [5.41, 5.74) is 0.369. The molecular formula is C11H15F3N2O2. The molecule has 0 aromatic carbocycles. The minimum atomic E-state index is -4.24. The lowest BCUT2D eigenvalue weighted by Gasteiger charge is -2.18. The van der Waals surface area contributed by atoms with Gasteiger partial charge in [-0.3, -0.25) is 4.90 Å². The summed E-state index contributed by atoms with van der Waals surface area (Å²) in [6.45, 7) is -1.05. The Labute approximate surface area is 103 Å². The van der Waals surface area contributed by atoms with Crippen LogP contribution in [0, 0.1) is 0 Å². The van der Waals surface area contributed by atoms with E-state index in [1.807, 2.05) is 0 Å². The summed E-state index contributed by atoms with van der Waals surface area (Å²) >= 11 is 0. The molecule has 0 saturated heterocycles. The third kappa shape index (κ3) is 4.79. The van der Waals surface area contributed by atoms with Crippen LogP contribution in [0.1, 0.15) is 10.5 Å². The van der Waals surface area contributed by atoms with Gasteiger partial charge in [-0.25, -0.2) is 4.79 Å². The van der Waals surface area contributed by atoms with E-state index in [4.69, 9.17) is 4.74 Å². The van der Waals surface area contributed by atoms with Crippen LogP contribution < -0.4 is 0 Å². The monoisotopic (exact) mass is 264 g/mol. The number of nitrogens with zero attached hydrogens (tertiary/aromatic N) is 2. The average Bonchev–Trinajstić information content (AvgIpc) is 2.61. The highest BCUT2D eigenvalue weighted by atomic mass is 19.4. The summed E-state index contributed by atoms with van der Waals surface area (Å²) in [6, 6.07) is 3.27. The number of alkyl halides is 3. The number of likely N-dealkylation sites (N-methyl/N-ethyl adjacent to an activating group) is 1. The van der Waals surface area contributed by atoms with Crippen molar-refractivity contribution in [2.75, 3.05) is 26.7 Å². The second kappa shape index (κ2) is 5.90. The summed E-state index contributed by atoms with van der Waals surface area (Å²) in [5.74, 6) is -0.539. The van der Waals surface area contributed by atoms with Crippen LogP contribution in [0.25, 0.3) is 0 Å². The van der Waals surface area contributed by atoms with E-state index in [0.29, 0.717) is 5.69 Å². The first-order valence-corrected chi connectivity index (χ1v) is 5.33. The van der Waals surface area contributed by atoms with Crippen molar-refractivity contribution in [2.45, 2.75) is 6.18 Å². The second-order valence-corrected chi connectivity index (χ2v) is 3.99. The van der Waals surface area contributed by atoms with E-state index in [2.05, 4.69) is 0 Å². The fourth-order valence-electron chi connectivity index (χ4n) is 1.43. The van der Waals surface area contributed by atoms with Gasteiger partial charge in [-0.05, 0) is 19.2 Å². The lowest BCUT2D eigenvalue weighted by Crippen LogP contribution is -2.33. The van der Waals surface area contributed by atoms with E-state index in [1.165, 1.54) is 7.05 Å². The van der Waals surface area contributed by atoms with Gasteiger partial charge in [0.2, 0.25) is 0 Å². The number of hydrogen-bond acceptors (Lipinski definition) is 3. The summed E-state index contributed by atoms with van der Waals surface area (Å²) in [5, 5.41) is 0. The van der Waals surface area contributed by atoms with Crippen LogP contribution in [0.15, 0.2) is 18.3 Å². The zero-order valence-corrected chi connectivity index (χ0v) is 10.2. The van der Waals surface area contributed by atoms with Crippen molar-refractivity contribution < 1.29 is 22.7 Å². The Kier molecular flexibility index (Phi) is 4.77. The fourth-order valence-corrected chi connectivity index (χ4v) is 1.43. The molecule has 0 aliphatic carbocycles. The molecule has 102 valence electrons. The van der Waals surface area contributed by atoms with E-state index < -0.39 is 18.7 Å². The maximum absolute atomic E-state index is 12.0. The smallest absolute Gasteiger partial charge is 0.401 e. The summed E-state index contributed by atoms with van der Waals surface area (Å²) in [4.78, 5) is 12.6. The lowest BCUT2D eigenvalue weighted by atomic mass is 10.4. The molecule has 18 heavy (non-hydrogen) atoms. The van der Waals surface area contributed by atoms with Gasteiger partial charge < -0.3 is 9.30 Å². The molecule has 0 bridgehead atoms. The van der Waals surface area contributed by atoms with Crippen molar-refractivity contribution in [3.8, 4) is 0 Å². The molecular weight excluding hydrogens is 249 g/mol. The molecule has 1 rings (SSSR count). The number of esters is 1. The summed E-state index contributed by atoms with van der Waals surface area (Å²) in [7, 11) is 3.01. The Bertz CT molecular complexity index is 401. The number of aromatic nitrogens is 1. The predicted molar refractivity (Wildman–Crippen MR) is 59.2 cm³/mol. The van der Waals surface area contributed by atoms with E-state index in [-0.39, 0.29) is 13.2 Å². The Hall–Kier alpha value is -1.50. The van der Waals surface area contributed by atoms with Crippen LogP contribution in [0.4, 0.5) is 13.2 Å². The van der Waals surface area contributed by atoms with Crippen molar-refractivity contribution >= 4 is 5.97 Å². The molecule has 4 nitrogen and oxygen atoms in total. The molecule has 0 N–H and O–H groups in total. The minimum Gasteiger partial charge on any atom is -0.460 e. The van der Waals surface area contributed by atoms with Gasteiger partial charge in [-0.1, -0.05) is 0 Å². The van der Waals surface area contributed by atoms with Crippen LogP contribution in [0.3, 0.4) is 0 Å². The second-order valence-electron chi connectivity index (χ2n) is 3.99. The van der Waals surface area contributed by atoms with E-state index >= 15 is 0 Å². The van der Waals surface area contributed by atoms with Crippen molar-refractivity contribution in [1.29, 1.82) is 0 Å². The van der Waals surface area contributed by atoms with Crippen molar-refractivity contribution in [3.05, 3.63) is 24.0 Å². The van der Waals surface area contributed by atoms with Gasteiger partial charge in [0, 0.05) is 19.8 Å². The summed E-state index contributed by atoms with van der Waals surface area (Å²) in [6.07, 6.45) is -2.55. The number of carbonyl (C=O) groups is 1. The highest BCUT2D eigenvalue weighted by Crippen LogP contribution is 2.15. The van der Waals surface area contributed by atoms with Crippen LogP contribution in [-0.4, -0.2) is 48.4 Å². The van der Waals surface area contributed by atoms with Crippen molar-refractivity contribution in [3.63, 3.8) is 0 Å². The minimum absolute atomic E-state index is 0.0374. The van der Waals surface area contributed by atoms with Gasteiger partial charge in [-0.15, -0.1) is 0 Å². The normalized spacial score (nSPS) is 11.9. The van der Waals surface area contributed by atoms with Crippen LogP contribution >= 0.6 is 0 Å². The molecule has 0 aliphatic heterocycles. The van der Waals surface area contributed by atoms with E-state index in [0.717, 1.165) is 4.90 Å². The Morgan fingerprint density at radius 3 is 2.67 bits per heavy atom. The molecule has 7 heteroatoms. The number of hydrogen-bond donors (Lipinski definition) is 0. The zero-order valence-electron chi connectivity index (χ0n) is 10.2. The molecule has 1 aromatic rings. The average molecular weight is 264 g/mol. The highest BCUT2D eigenvalue weighted by Gasteiger charge is 2.29. The quantitative estimate of drug-likeness (QED) is 0.759. The summed E-state index contributed by atoms with van der Waals surface area (Å²) < 4.78 is 42.5. The van der Waals surface area contributed by atoms with Gasteiger partial charge in [0.05, 0.1) is 6.54 Å². The Morgan fingerprint density at radius 1 is 1.50 bits per heavy atom. The standard InChI is InChI=1S/C11H15F3N2O2/c1-15(8-11(12,13)14)6-7-18-10(17)9-4-3-5-16(9)2/h3-5H,6-8H2,1-2H3. The number of carbonyl (C=O) groups excluding carboxylic acids is 1. The maximum Gasteiger partial charge on any atom is 0.401 e. The Morgan fingerprint density at radius 2 is 2.17 bits per heavy atom. The molecule has 0 unspecified atom stereocenters. The third-order valence-corrected chi connectivity index (χ3v) is 2.31. The van der Waals surface area contributed by atoms with Crippen LogP contribution in [0.5, 0.6) is 0 Å². The molecule has 0 atom stereocenters. The van der Waals surface area contributed by atoms with Gasteiger partial charge in [0.15, 0.2) is 0 Å². The number of aryl methyl sites for hydroxylation is 1. The van der Waals surface area contributed by atoms with Gasteiger partial charge >= 0.3 is 12.1 Å². The third-order valence-electron chi connectivity index (χ3n) is 2.31. The first-order chi connectivity index (χ1) is 8.29. The first-order valence-electron chi connectivity index (χ1n) is 5.33. The largest absolute Gasteiger partial charge is 0.460 e. The number of halogens is 3. The van der Waals surface area contributed by atoms with Crippen molar-refractivity contribution in [1.82, 2.24) is 9.47 Å². The Balaban J connectivity index is 2.30. The van der Waals surface area contributed by atoms with E-state index in [9.17, 15) is 18.0 Å². The predicted octanol–water partition coefficient (Wildman–Crippen LogP) is 1.68. The van der Waals surface area contributed by atoms with Crippen LogP contribution in [0.2, 0.25) is 0 Å². The number of rotatable bonds is 5. The van der Waals surface area contributed by atoms with Gasteiger partial charge in [0.25, 0.3) is 0 Å². The SMILES string of the molecule is CN(CCOC(=O)c1cccn1C)CC(F)(F)F.